The lowest BCUT2D eigenvalue weighted by molar-refractivity contribution is -0.858. The first-order valence-electron chi connectivity index (χ1n) is 7.21. The van der Waals surface area contributed by atoms with Crippen LogP contribution in [0.15, 0.2) is 27.7 Å². The molecule has 1 fully saturated rings. The second kappa shape index (κ2) is 8.28. The minimum absolute atomic E-state index is 0.128. The van der Waals surface area contributed by atoms with Crippen LogP contribution < -0.4 is 4.90 Å². The Bertz CT molecular complexity index is 611. The number of amides is 1. The molecule has 0 bridgehead atoms. The van der Waals surface area contributed by atoms with Crippen LogP contribution in [0.25, 0.3) is 6.08 Å². The number of ether oxygens (including phenoxy) is 1. The molecule has 6 nitrogen and oxygen atoms in total. The number of nitrogens with one attached hydrogen (secondary N) is 1. The molecule has 23 heavy (non-hydrogen) atoms. The van der Waals surface area contributed by atoms with Crippen LogP contribution in [-0.4, -0.2) is 54.9 Å². The number of carbonyl (C=O) groups is 2. The number of carbonyl (C=O) groups excluding carboxylic acids is 2. The highest BCUT2D eigenvalue weighted by Crippen LogP contribution is 2.32. The summed E-state index contributed by atoms with van der Waals surface area (Å²) in [6.45, 7) is 1.35. The fraction of sp³-hybridized carbons (Fsp3) is 0.400. The van der Waals surface area contributed by atoms with E-state index in [9.17, 15) is 9.59 Å². The monoisotopic (exact) mass is 355 g/mol. The minimum Gasteiger partial charge on any atom is -0.465 e. The van der Waals surface area contributed by atoms with Crippen LogP contribution in [0.5, 0.6) is 0 Å². The van der Waals surface area contributed by atoms with Crippen molar-refractivity contribution in [1.82, 2.24) is 4.90 Å². The molecule has 0 aromatic carbocycles. The number of likely N-dealkylation sites (N-methyl/N-ethyl adjacent to an activating group) is 1. The van der Waals surface area contributed by atoms with E-state index in [-0.39, 0.29) is 24.8 Å². The predicted molar refractivity (Wildman–Crippen MR) is 91.8 cm³/mol. The van der Waals surface area contributed by atoms with Crippen molar-refractivity contribution in [1.29, 1.82) is 0 Å². The Morgan fingerprint density at radius 2 is 2.30 bits per heavy atom. The molecule has 1 N–H and O–H groups in total. The second-order valence-electron chi connectivity index (χ2n) is 5.28. The van der Waals surface area contributed by atoms with Gasteiger partial charge in [0.25, 0.3) is 5.91 Å². The Morgan fingerprint density at radius 3 is 2.96 bits per heavy atom. The molecule has 2 heterocycles. The lowest BCUT2D eigenvalue weighted by Crippen LogP contribution is -3.06. The van der Waals surface area contributed by atoms with Gasteiger partial charge in [-0.3, -0.25) is 14.5 Å². The first-order chi connectivity index (χ1) is 11.0. The molecule has 0 radical (unpaired) electrons. The molecule has 1 aromatic rings. The molecule has 0 aliphatic carbocycles. The van der Waals surface area contributed by atoms with Crippen LogP contribution in [0.1, 0.15) is 12.2 Å². The third-order valence-electron chi connectivity index (χ3n) is 3.09. The van der Waals surface area contributed by atoms with E-state index < -0.39 is 0 Å². The third kappa shape index (κ3) is 5.19. The Morgan fingerprint density at radius 1 is 1.52 bits per heavy atom. The minimum atomic E-state index is -0.324. The average molecular weight is 355 g/mol. The number of nitrogens with zero attached hydrogens (tertiary/aromatic N) is 1. The predicted octanol–water partition coefficient (Wildman–Crippen LogP) is 0.559. The van der Waals surface area contributed by atoms with Crippen LogP contribution in [0, 0.1) is 0 Å². The number of hydrogen-bond acceptors (Lipinski definition) is 6. The molecule has 2 rings (SSSR count). The Labute approximate surface area is 144 Å². The zero-order valence-electron chi connectivity index (χ0n) is 13.0. The molecule has 124 valence electrons. The van der Waals surface area contributed by atoms with Gasteiger partial charge in [-0.15, -0.1) is 0 Å². The molecule has 1 amide bonds. The summed E-state index contributed by atoms with van der Waals surface area (Å²) in [6, 6.07) is 3.51. The van der Waals surface area contributed by atoms with Gasteiger partial charge in [-0.25, -0.2) is 0 Å². The molecule has 0 saturated carbocycles. The van der Waals surface area contributed by atoms with Gasteiger partial charge in [0.05, 0.1) is 31.7 Å². The van der Waals surface area contributed by atoms with Crippen LogP contribution in [-0.2, 0) is 14.3 Å². The second-order valence-corrected chi connectivity index (χ2v) is 6.95. The van der Waals surface area contributed by atoms with Gasteiger partial charge in [0.2, 0.25) is 0 Å². The van der Waals surface area contributed by atoms with Gasteiger partial charge in [-0.2, -0.15) is 0 Å². The first kappa shape index (κ1) is 17.7. The molecular weight excluding hydrogens is 336 g/mol. The summed E-state index contributed by atoms with van der Waals surface area (Å²) in [4.78, 5) is 27.1. The summed E-state index contributed by atoms with van der Waals surface area (Å²) in [5, 5.41) is 0. The number of thiocarbonyl (C=S) groups is 1. The number of quaternary nitrogens is 1. The zero-order chi connectivity index (χ0) is 16.8. The molecule has 1 aromatic heterocycles. The Hall–Kier alpha value is -1.64. The highest BCUT2D eigenvalue weighted by molar-refractivity contribution is 8.26. The highest BCUT2D eigenvalue weighted by atomic mass is 32.2. The Balaban J connectivity index is 1.85. The van der Waals surface area contributed by atoms with Gasteiger partial charge in [0.15, 0.2) is 0 Å². The van der Waals surface area contributed by atoms with E-state index in [0.717, 1.165) is 6.54 Å². The molecule has 1 aliphatic heterocycles. The van der Waals surface area contributed by atoms with Crippen molar-refractivity contribution in [3.8, 4) is 0 Å². The van der Waals surface area contributed by atoms with Gasteiger partial charge in [0.1, 0.15) is 23.2 Å². The smallest absolute Gasteiger partial charge is 0.307 e. The van der Waals surface area contributed by atoms with E-state index in [2.05, 4.69) is 0 Å². The maximum Gasteiger partial charge on any atom is 0.307 e. The van der Waals surface area contributed by atoms with E-state index >= 15 is 0 Å². The van der Waals surface area contributed by atoms with Crippen molar-refractivity contribution < 1.29 is 23.6 Å². The van der Waals surface area contributed by atoms with Crippen LogP contribution in [0.3, 0.4) is 0 Å². The quantitative estimate of drug-likeness (QED) is 0.438. The molecule has 8 heteroatoms. The van der Waals surface area contributed by atoms with Crippen molar-refractivity contribution in [2.75, 3.05) is 33.8 Å². The summed E-state index contributed by atoms with van der Waals surface area (Å²) in [7, 11) is 3.97. The van der Waals surface area contributed by atoms with Crippen LogP contribution in [0.2, 0.25) is 0 Å². The van der Waals surface area contributed by atoms with Gasteiger partial charge in [0, 0.05) is 12.6 Å². The van der Waals surface area contributed by atoms with Gasteiger partial charge < -0.3 is 14.1 Å². The molecule has 1 aliphatic rings. The van der Waals surface area contributed by atoms with Crippen LogP contribution >= 0.6 is 24.0 Å². The molecule has 0 unspecified atom stereocenters. The van der Waals surface area contributed by atoms with Gasteiger partial charge in [-0.1, -0.05) is 24.0 Å². The summed E-state index contributed by atoms with van der Waals surface area (Å²) in [5.74, 6) is 0.0633. The van der Waals surface area contributed by atoms with Crippen molar-refractivity contribution in [3.63, 3.8) is 0 Å². The topological polar surface area (TPSA) is 64.2 Å². The summed E-state index contributed by atoms with van der Waals surface area (Å²) in [5.41, 5.74) is 0. The van der Waals surface area contributed by atoms with E-state index in [1.54, 1.807) is 18.2 Å². The Kier molecular flexibility index (Phi) is 6.37. The van der Waals surface area contributed by atoms with Crippen molar-refractivity contribution in [2.45, 2.75) is 6.42 Å². The largest absolute Gasteiger partial charge is 0.465 e. The van der Waals surface area contributed by atoms with Gasteiger partial charge in [-0.05, 0) is 12.1 Å². The summed E-state index contributed by atoms with van der Waals surface area (Å²) < 4.78 is 10.8. The summed E-state index contributed by atoms with van der Waals surface area (Å²) >= 11 is 6.41. The van der Waals surface area contributed by atoms with E-state index in [1.165, 1.54) is 27.8 Å². The molecular formula is C15H19N2O4S2+. The fourth-order valence-corrected chi connectivity index (χ4v) is 3.13. The van der Waals surface area contributed by atoms with Crippen molar-refractivity contribution in [3.05, 3.63) is 29.1 Å². The number of rotatable bonds is 7. The SMILES string of the molecule is C[NH+](C)CCOC(=O)CCN1C(=O)/C(=C\c2ccco2)SC1=S. The lowest BCUT2D eigenvalue weighted by Gasteiger charge is -2.14. The summed E-state index contributed by atoms with van der Waals surface area (Å²) in [6.07, 6.45) is 3.32. The fourth-order valence-electron chi connectivity index (χ4n) is 1.84. The normalized spacial score (nSPS) is 16.7. The van der Waals surface area contributed by atoms with Crippen LogP contribution in [0.4, 0.5) is 0 Å². The van der Waals surface area contributed by atoms with Crippen molar-refractivity contribution >= 4 is 46.3 Å². The average Bonchev–Trinajstić information content (AvgIpc) is 3.07. The van der Waals surface area contributed by atoms with Crippen molar-refractivity contribution in [2.24, 2.45) is 0 Å². The molecule has 0 atom stereocenters. The molecule has 0 spiro atoms. The maximum atomic E-state index is 12.3. The number of hydrogen-bond donors (Lipinski definition) is 1. The molecule has 1 saturated heterocycles. The van der Waals surface area contributed by atoms with E-state index in [0.29, 0.717) is 21.6 Å². The number of esters is 1. The lowest BCUT2D eigenvalue weighted by atomic mass is 10.3. The highest BCUT2D eigenvalue weighted by Gasteiger charge is 2.32. The third-order valence-corrected chi connectivity index (χ3v) is 4.47. The van der Waals surface area contributed by atoms with Gasteiger partial charge >= 0.3 is 5.97 Å². The number of furan rings is 1. The van der Waals surface area contributed by atoms with E-state index in [1.807, 2.05) is 14.1 Å². The number of thioether (sulfide) groups is 1. The van der Waals surface area contributed by atoms with E-state index in [4.69, 9.17) is 21.4 Å². The maximum absolute atomic E-state index is 12.3. The first-order valence-corrected chi connectivity index (χ1v) is 8.43. The standard InChI is InChI=1S/C15H18N2O4S2/c1-16(2)7-9-21-13(18)5-6-17-14(19)12(23-15(17)22)10-11-4-3-8-20-11/h3-4,8,10H,5-7,9H2,1-2H3/p+1/b12-10+. The zero-order valence-corrected chi connectivity index (χ0v) is 14.7.